The van der Waals surface area contributed by atoms with Crippen LogP contribution >= 0.6 is 0 Å². The normalized spacial score (nSPS) is 23.7. The summed E-state index contributed by atoms with van der Waals surface area (Å²) >= 11 is 0. The van der Waals surface area contributed by atoms with E-state index in [9.17, 15) is 4.79 Å². The van der Waals surface area contributed by atoms with Gasteiger partial charge in [-0.2, -0.15) is 0 Å². The van der Waals surface area contributed by atoms with Crippen LogP contribution in [0.1, 0.15) is 38.8 Å². The van der Waals surface area contributed by atoms with Crippen molar-refractivity contribution in [2.24, 2.45) is 0 Å². The molecule has 30 heavy (non-hydrogen) atoms. The summed E-state index contributed by atoms with van der Waals surface area (Å²) in [5, 5.41) is 0. The average Bonchev–Trinajstić information content (AvgIpc) is 3.11. The predicted octanol–water partition coefficient (Wildman–Crippen LogP) is 3.68. The number of hydrogen-bond acceptors (Lipinski definition) is 5. The van der Waals surface area contributed by atoms with E-state index in [4.69, 9.17) is 9.72 Å². The first-order chi connectivity index (χ1) is 14.4. The second kappa shape index (κ2) is 5.42. The van der Waals surface area contributed by atoms with Gasteiger partial charge in [0.15, 0.2) is 5.60 Å². The van der Waals surface area contributed by atoms with Crippen LogP contribution in [0.5, 0.6) is 0 Å². The van der Waals surface area contributed by atoms with Crippen molar-refractivity contribution >= 4 is 17.3 Å². The molecule has 3 aliphatic rings. The lowest BCUT2D eigenvalue weighted by atomic mass is 9.81. The van der Waals surface area contributed by atoms with E-state index in [1.807, 2.05) is 40.3 Å². The van der Waals surface area contributed by atoms with E-state index in [2.05, 4.69) is 58.3 Å². The second-order valence-corrected chi connectivity index (χ2v) is 8.88. The predicted molar refractivity (Wildman–Crippen MR) is 116 cm³/mol. The van der Waals surface area contributed by atoms with Crippen molar-refractivity contribution in [3.05, 3.63) is 88.7 Å². The highest BCUT2D eigenvalue weighted by atomic mass is 16.6. The summed E-state index contributed by atoms with van der Waals surface area (Å²) in [4.78, 5) is 21.7. The van der Waals surface area contributed by atoms with Crippen molar-refractivity contribution in [2.75, 3.05) is 38.0 Å². The molecule has 1 spiro atoms. The number of fused-ring (bicyclic) bond motifs is 2. The molecule has 1 saturated carbocycles. The van der Waals surface area contributed by atoms with Gasteiger partial charge in [-0.05, 0) is 47.5 Å². The summed E-state index contributed by atoms with van der Waals surface area (Å²) in [6.45, 7) is 0. The van der Waals surface area contributed by atoms with Crippen LogP contribution in [0.2, 0.25) is 0 Å². The maximum atomic E-state index is 12.7. The number of benzene rings is 2. The van der Waals surface area contributed by atoms with Crippen LogP contribution in [-0.2, 0) is 15.8 Å². The average molecular weight is 397 g/mol. The summed E-state index contributed by atoms with van der Waals surface area (Å²) < 4.78 is 6.16. The van der Waals surface area contributed by atoms with Crippen LogP contribution in [0.15, 0.2) is 60.7 Å². The molecule has 2 aliphatic heterocycles. The molecule has 1 aliphatic carbocycles. The minimum atomic E-state index is -0.725. The van der Waals surface area contributed by atoms with Crippen molar-refractivity contribution in [3.63, 3.8) is 0 Å². The first kappa shape index (κ1) is 17.5. The second-order valence-electron chi connectivity index (χ2n) is 8.88. The van der Waals surface area contributed by atoms with E-state index < -0.39 is 11.0 Å². The van der Waals surface area contributed by atoms with Crippen molar-refractivity contribution < 1.29 is 9.53 Å². The summed E-state index contributed by atoms with van der Waals surface area (Å²) in [5.41, 5.74) is 5.85. The molecule has 2 aromatic carbocycles. The van der Waals surface area contributed by atoms with E-state index in [1.165, 1.54) is 0 Å². The quantitative estimate of drug-likeness (QED) is 0.629. The van der Waals surface area contributed by atoms with Crippen LogP contribution < -0.4 is 9.80 Å². The molecule has 2 atom stereocenters. The van der Waals surface area contributed by atoms with Gasteiger partial charge in [-0.3, -0.25) is 4.98 Å². The van der Waals surface area contributed by atoms with Crippen LogP contribution in [0.25, 0.3) is 0 Å². The van der Waals surface area contributed by atoms with Gasteiger partial charge in [-0.1, -0.05) is 24.3 Å². The monoisotopic (exact) mass is 397 g/mol. The number of ether oxygens (including phenoxy) is 1. The third-order valence-corrected chi connectivity index (χ3v) is 7.06. The van der Waals surface area contributed by atoms with Crippen LogP contribution in [0, 0.1) is 0 Å². The Morgan fingerprint density at radius 2 is 1.33 bits per heavy atom. The molecule has 1 aromatic heterocycles. The van der Waals surface area contributed by atoms with Gasteiger partial charge in [0.2, 0.25) is 0 Å². The van der Waals surface area contributed by atoms with Gasteiger partial charge in [0.1, 0.15) is 5.69 Å². The summed E-state index contributed by atoms with van der Waals surface area (Å²) in [6, 6.07) is 21.1. The molecule has 0 amide bonds. The zero-order valence-electron chi connectivity index (χ0n) is 17.5. The van der Waals surface area contributed by atoms with Gasteiger partial charge in [0.25, 0.3) is 0 Å². The minimum absolute atomic E-state index is 0.00983. The highest BCUT2D eigenvalue weighted by Gasteiger charge is 2.88. The van der Waals surface area contributed by atoms with Gasteiger partial charge in [-0.15, -0.1) is 0 Å². The molecule has 2 unspecified atom stereocenters. The highest BCUT2D eigenvalue weighted by Crippen LogP contribution is 2.82. The Balaban J connectivity index is 1.58. The highest BCUT2D eigenvalue weighted by molar-refractivity contribution is 5.97. The molecule has 0 radical (unpaired) electrons. The van der Waals surface area contributed by atoms with E-state index in [1.54, 1.807) is 0 Å². The Morgan fingerprint density at radius 1 is 0.800 bits per heavy atom. The largest absolute Gasteiger partial charge is 0.447 e. The van der Waals surface area contributed by atoms with Crippen LogP contribution in [0.3, 0.4) is 0 Å². The Labute approximate surface area is 175 Å². The Kier molecular flexibility index (Phi) is 3.16. The number of carbonyl (C=O) groups excluding carboxylic acids is 1. The maximum absolute atomic E-state index is 12.7. The SMILES string of the molecule is CN(C)c1ccc(C2(c3ccc(N(C)C)cc3)C3c4ccc5c(n4)C32OC5=O)cc1. The van der Waals surface area contributed by atoms with Crippen LogP contribution in [0.4, 0.5) is 11.4 Å². The molecule has 5 nitrogen and oxygen atoms in total. The van der Waals surface area contributed by atoms with Crippen molar-refractivity contribution in [1.29, 1.82) is 0 Å². The number of aromatic nitrogens is 1. The first-order valence-electron chi connectivity index (χ1n) is 10.2. The maximum Gasteiger partial charge on any atom is 0.341 e. The molecule has 3 aromatic rings. The molecular formula is C25H23N3O2. The smallest absolute Gasteiger partial charge is 0.341 e. The first-order valence-corrected chi connectivity index (χ1v) is 10.2. The van der Waals surface area contributed by atoms with E-state index in [0.29, 0.717) is 5.56 Å². The molecule has 6 rings (SSSR count). The lowest BCUT2D eigenvalue weighted by Crippen LogP contribution is -2.25. The topological polar surface area (TPSA) is 45.7 Å². The molecule has 2 bridgehead atoms. The van der Waals surface area contributed by atoms with Gasteiger partial charge in [-0.25, -0.2) is 4.79 Å². The van der Waals surface area contributed by atoms with Gasteiger partial charge in [0.05, 0.1) is 16.9 Å². The molecule has 0 saturated heterocycles. The zero-order chi connectivity index (χ0) is 20.8. The number of hydrogen-bond donors (Lipinski definition) is 0. The summed E-state index contributed by atoms with van der Waals surface area (Å²) in [6.07, 6.45) is 0. The molecule has 5 heteroatoms. The van der Waals surface area contributed by atoms with Gasteiger partial charge >= 0.3 is 5.97 Å². The van der Waals surface area contributed by atoms with E-state index in [0.717, 1.165) is 33.9 Å². The Morgan fingerprint density at radius 3 is 1.83 bits per heavy atom. The third-order valence-electron chi connectivity index (χ3n) is 7.06. The lowest BCUT2D eigenvalue weighted by Gasteiger charge is -2.25. The van der Waals surface area contributed by atoms with Gasteiger partial charge in [0, 0.05) is 45.3 Å². The number of anilines is 2. The molecular weight excluding hydrogens is 374 g/mol. The minimum Gasteiger partial charge on any atom is -0.447 e. The standard InChI is InChI=1S/C25H23N3O2/c1-27(2)17-9-5-15(6-10-17)24(16-7-11-18(12-8-16)28(3)4)21-20-14-13-19-22(26-20)25(21,24)30-23(19)29/h5-14,21H,1-4H3. The van der Waals surface area contributed by atoms with E-state index in [-0.39, 0.29) is 11.9 Å². The number of carbonyl (C=O) groups is 1. The molecule has 0 N–H and O–H groups in total. The summed E-state index contributed by atoms with van der Waals surface area (Å²) in [5.74, 6) is -0.249. The zero-order valence-corrected chi connectivity index (χ0v) is 17.5. The fourth-order valence-electron chi connectivity index (χ4n) is 5.65. The number of nitrogens with zero attached hydrogens (tertiary/aromatic N) is 3. The number of pyridine rings is 1. The summed E-state index contributed by atoms with van der Waals surface area (Å²) in [7, 11) is 8.15. The van der Waals surface area contributed by atoms with Crippen molar-refractivity contribution in [3.8, 4) is 0 Å². The van der Waals surface area contributed by atoms with E-state index >= 15 is 0 Å². The Bertz CT molecular complexity index is 1150. The van der Waals surface area contributed by atoms with Crippen molar-refractivity contribution in [2.45, 2.75) is 16.9 Å². The number of rotatable bonds is 4. The molecule has 3 heterocycles. The molecule has 150 valence electrons. The Hall–Kier alpha value is -3.34. The molecule has 1 fully saturated rings. The number of esters is 1. The van der Waals surface area contributed by atoms with Gasteiger partial charge < -0.3 is 14.5 Å². The third kappa shape index (κ3) is 1.80. The fourth-order valence-corrected chi connectivity index (χ4v) is 5.65. The fraction of sp³-hybridized carbons (Fsp3) is 0.280. The van der Waals surface area contributed by atoms with Crippen LogP contribution in [-0.4, -0.2) is 39.1 Å². The lowest BCUT2D eigenvalue weighted by molar-refractivity contribution is 0.0252. The van der Waals surface area contributed by atoms with Crippen molar-refractivity contribution in [1.82, 2.24) is 4.98 Å².